The number of hydrogen-bond acceptors (Lipinski definition) is 15. The summed E-state index contributed by atoms with van der Waals surface area (Å²) in [5.74, 6) is 5.52. The number of carbonyl (C=O) groups excluding carboxylic acids is 2. The van der Waals surface area contributed by atoms with Gasteiger partial charge in [-0.2, -0.15) is 0 Å². The zero-order valence-corrected chi connectivity index (χ0v) is 40.6. The van der Waals surface area contributed by atoms with Crippen LogP contribution in [0.25, 0.3) is 22.5 Å². The predicted molar refractivity (Wildman–Crippen MR) is 255 cm³/mol. The second-order valence-corrected chi connectivity index (χ2v) is 15.1. The maximum absolute atomic E-state index is 13.8. The molecule has 0 aliphatic carbocycles. The number of unbranched alkanes of at least 4 members (excludes halogenated alkanes) is 3. The third-order valence-electron chi connectivity index (χ3n) is 9.57. The molecular formula is C46H77N8O10P. The Morgan fingerprint density at radius 3 is 2.03 bits per heavy atom. The molecule has 0 bridgehead atoms. The lowest BCUT2D eigenvalue weighted by molar-refractivity contribution is -0.125. The molecule has 1 aliphatic heterocycles. The Labute approximate surface area is 388 Å². The molecule has 0 radical (unpaired) electrons. The zero-order chi connectivity index (χ0) is 47.5. The van der Waals surface area contributed by atoms with E-state index in [1.54, 1.807) is 11.1 Å². The Balaban J connectivity index is 0.00000353. The van der Waals surface area contributed by atoms with Gasteiger partial charge in [-0.15, -0.1) is 5.10 Å². The van der Waals surface area contributed by atoms with Crippen LogP contribution in [-0.2, 0) is 55.4 Å². The first-order chi connectivity index (χ1) is 31.8. The fourth-order valence-corrected chi connectivity index (χ4v) is 6.70. The maximum Gasteiger partial charge on any atom is 0.329 e. The zero-order valence-electron chi connectivity index (χ0n) is 39.7. The summed E-state index contributed by atoms with van der Waals surface area (Å²) < 4.78 is 39.9. The van der Waals surface area contributed by atoms with Crippen molar-refractivity contribution in [3.8, 4) is 22.5 Å². The molecule has 0 fully saturated rings. The molecule has 0 saturated heterocycles. The number of para-hydroxylation sites is 1. The highest BCUT2D eigenvalue weighted by atomic mass is 31.2. The normalized spacial score (nSPS) is 12.3. The number of anilines is 1. The Hall–Kier alpha value is -4.07. The molecule has 18 nitrogen and oxygen atoms in total. The molecule has 3 aromatic rings. The summed E-state index contributed by atoms with van der Waals surface area (Å²) >= 11 is 0. The fourth-order valence-electron chi connectivity index (χ4n) is 6.31. The lowest BCUT2D eigenvalue weighted by atomic mass is 9.95. The Bertz CT molecular complexity index is 1750. The number of nitrogens with zero attached hydrogens (tertiary/aromatic N) is 5. The number of hydrazine groups is 1. The Kier molecular flexibility index (Phi) is 31.7. The predicted octanol–water partition coefficient (Wildman–Crippen LogP) is 6.32. The standard InChI is InChI=1S/C42H65N8O10P.2C2H6/c1-3-35(43)33-48(44)19-22-55-24-26-57-28-30-59-31-29-58-27-25-56-23-20-50-42-36-13-7-6-12-34(36)32-49(38-15-9-8-14-37(38)41(42)46-47-50)40(52)17-16-39(51)45-18-10-4-5-11-21-60-61(53)54-2;2*1-2/h6-9,12-15,33,53H,3-5,10-11,16-32,43-44H2,1-2H3,(H,45,51);2*1-2H3/b35-33-;;. The quantitative estimate of drug-likeness (QED) is 0.0233. The largest absolute Gasteiger partial charge is 0.401 e. The van der Waals surface area contributed by atoms with Crippen LogP contribution >= 0.6 is 8.60 Å². The minimum absolute atomic E-state index is 0.0629. The molecule has 4 rings (SSSR count). The summed E-state index contributed by atoms with van der Waals surface area (Å²) in [7, 11) is -0.390. The molecular weight excluding hydrogens is 856 g/mol. The van der Waals surface area contributed by atoms with Crippen LogP contribution in [0.5, 0.6) is 0 Å². The molecule has 2 aromatic carbocycles. The summed E-state index contributed by atoms with van der Waals surface area (Å²) in [6.07, 6.45) is 6.05. The van der Waals surface area contributed by atoms with E-state index in [4.69, 9.17) is 44.3 Å². The van der Waals surface area contributed by atoms with Crippen LogP contribution in [0.4, 0.5) is 5.69 Å². The second-order valence-electron chi connectivity index (χ2n) is 14.0. The van der Waals surface area contributed by atoms with E-state index in [0.29, 0.717) is 110 Å². The van der Waals surface area contributed by atoms with Crippen molar-refractivity contribution in [2.45, 2.75) is 92.7 Å². The molecule has 1 atom stereocenters. The molecule has 0 saturated carbocycles. The molecule has 2 amide bonds. The van der Waals surface area contributed by atoms with Crippen molar-refractivity contribution in [1.29, 1.82) is 0 Å². The lowest BCUT2D eigenvalue weighted by Gasteiger charge is -2.28. The van der Waals surface area contributed by atoms with Crippen LogP contribution in [-0.4, -0.2) is 130 Å². The molecule has 1 aliphatic rings. The van der Waals surface area contributed by atoms with Crippen molar-refractivity contribution in [1.82, 2.24) is 25.3 Å². The van der Waals surface area contributed by atoms with Crippen molar-refractivity contribution in [3.63, 3.8) is 0 Å². The van der Waals surface area contributed by atoms with E-state index in [1.807, 2.05) is 87.8 Å². The van der Waals surface area contributed by atoms with E-state index in [9.17, 15) is 14.5 Å². The van der Waals surface area contributed by atoms with Crippen LogP contribution < -0.4 is 21.8 Å². The van der Waals surface area contributed by atoms with Gasteiger partial charge in [0.2, 0.25) is 11.8 Å². The number of nitrogens with one attached hydrogen (secondary N) is 1. The third-order valence-corrected chi connectivity index (χ3v) is 10.3. The highest BCUT2D eigenvalue weighted by Crippen LogP contribution is 2.41. The first-order valence-corrected chi connectivity index (χ1v) is 24.2. The van der Waals surface area contributed by atoms with Gasteiger partial charge >= 0.3 is 8.60 Å². The number of allylic oxidation sites excluding steroid dienone is 1. The molecule has 1 unspecified atom stereocenters. The van der Waals surface area contributed by atoms with E-state index in [1.165, 1.54) is 12.1 Å². The second kappa shape index (κ2) is 36.1. The van der Waals surface area contributed by atoms with Crippen molar-refractivity contribution in [3.05, 3.63) is 66.0 Å². The summed E-state index contributed by atoms with van der Waals surface area (Å²) in [4.78, 5) is 37.6. The van der Waals surface area contributed by atoms with Crippen LogP contribution in [0.2, 0.25) is 0 Å². The van der Waals surface area contributed by atoms with Gasteiger partial charge in [0.1, 0.15) is 5.69 Å². The first-order valence-electron chi connectivity index (χ1n) is 23.0. The molecule has 1 aromatic heterocycles. The van der Waals surface area contributed by atoms with E-state index in [-0.39, 0.29) is 24.7 Å². The number of aromatic nitrogens is 3. The van der Waals surface area contributed by atoms with Crippen LogP contribution in [0, 0.1) is 0 Å². The molecule has 65 heavy (non-hydrogen) atoms. The number of carbonyl (C=O) groups is 2. The first kappa shape index (κ1) is 57.1. The molecule has 366 valence electrons. The summed E-state index contributed by atoms with van der Waals surface area (Å²) in [5.41, 5.74) is 11.4. The van der Waals surface area contributed by atoms with Gasteiger partial charge in [-0.05, 0) is 30.9 Å². The Morgan fingerprint density at radius 1 is 0.800 bits per heavy atom. The average Bonchev–Trinajstić information content (AvgIpc) is 3.75. The van der Waals surface area contributed by atoms with E-state index < -0.39 is 8.60 Å². The summed E-state index contributed by atoms with van der Waals surface area (Å²) in [6, 6.07) is 15.6. The van der Waals surface area contributed by atoms with Gasteiger partial charge in [0.05, 0.1) is 104 Å². The van der Waals surface area contributed by atoms with Crippen molar-refractivity contribution < 1.29 is 47.2 Å². The minimum Gasteiger partial charge on any atom is -0.401 e. The van der Waals surface area contributed by atoms with E-state index >= 15 is 0 Å². The maximum atomic E-state index is 13.8. The van der Waals surface area contributed by atoms with Crippen molar-refractivity contribution in [2.24, 2.45) is 11.6 Å². The summed E-state index contributed by atoms with van der Waals surface area (Å²) in [6.45, 7) is 16.8. The highest BCUT2D eigenvalue weighted by Gasteiger charge is 2.29. The van der Waals surface area contributed by atoms with Gasteiger partial charge in [-0.1, -0.05) is 95.1 Å². The number of hydrogen-bond donors (Lipinski definition) is 4. The Morgan fingerprint density at radius 2 is 1.38 bits per heavy atom. The topological polar surface area (TPSA) is 220 Å². The number of fused-ring (bicyclic) bond motifs is 5. The van der Waals surface area contributed by atoms with Crippen LogP contribution in [0.15, 0.2) is 60.4 Å². The van der Waals surface area contributed by atoms with Gasteiger partial charge in [-0.3, -0.25) is 9.59 Å². The van der Waals surface area contributed by atoms with Gasteiger partial charge in [0.25, 0.3) is 0 Å². The molecule has 19 heteroatoms. The van der Waals surface area contributed by atoms with E-state index in [0.717, 1.165) is 60.2 Å². The minimum atomic E-state index is -1.79. The highest BCUT2D eigenvalue weighted by molar-refractivity contribution is 7.40. The molecule has 2 heterocycles. The van der Waals surface area contributed by atoms with Gasteiger partial charge < -0.3 is 58.6 Å². The van der Waals surface area contributed by atoms with Gasteiger partial charge in [0, 0.05) is 49.5 Å². The number of rotatable bonds is 32. The lowest BCUT2D eigenvalue weighted by Crippen LogP contribution is -2.33. The smallest absolute Gasteiger partial charge is 0.329 e. The van der Waals surface area contributed by atoms with Gasteiger partial charge in [0.15, 0.2) is 0 Å². The number of nitrogens with two attached hydrogens (primary N) is 2. The monoisotopic (exact) mass is 933 g/mol. The van der Waals surface area contributed by atoms with Gasteiger partial charge in [-0.25, -0.2) is 10.5 Å². The number of amides is 2. The summed E-state index contributed by atoms with van der Waals surface area (Å²) in [5, 5.41) is 13.6. The van der Waals surface area contributed by atoms with Crippen LogP contribution in [0.1, 0.15) is 85.1 Å². The fraction of sp³-hybridized carbons (Fsp3) is 0.609. The van der Waals surface area contributed by atoms with Crippen molar-refractivity contribution >= 4 is 26.1 Å². The average molecular weight is 933 g/mol. The molecule has 6 N–H and O–H groups in total. The molecule has 0 spiro atoms. The van der Waals surface area contributed by atoms with E-state index in [2.05, 4.69) is 15.6 Å². The third kappa shape index (κ3) is 22.3. The number of ether oxygens (including phenoxy) is 5. The van der Waals surface area contributed by atoms with Crippen molar-refractivity contribution in [2.75, 3.05) is 97.8 Å². The number of benzene rings is 2. The van der Waals surface area contributed by atoms with Crippen LogP contribution in [0.3, 0.4) is 0 Å². The SMILES string of the molecule is CC.CC.CC/C(N)=C/N(N)CCOCCOCCOCCOCCOCCn1nnc2c1-c1ccccc1CN(C(=O)CCC(=O)NCCCCCCOP(O)OC)c1ccccc1-2.